The molecule has 0 radical (unpaired) electrons. The Morgan fingerprint density at radius 1 is 1.42 bits per heavy atom. The minimum absolute atomic E-state index is 0.0674. The number of amides is 1. The van der Waals surface area contributed by atoms with E-state index in [9.17, 15) is 4.79 Å². The molecule has 19 heavy (non-hydrogen) atoms. The lowest BCUT2D eigenvalue weighted by atomic mass is 10.1. The number of carbonyl (C=O) groups excluding carboxylic acids is 1. The van der Waals surface area contributed by atoms with E-state index >= 15 is 0 Å². The summed E-state index contributed by atoms with van der Waals surface area (Å²) in [5.74, 6) is 1.53. The highest BCUT2D eigenvalue weighted by Crippen LogP contribution is 2.20. The van der Waals surface area contributed by atoms with E-state index in [0.29, 0.717) is 5.56 Å². The second-order valence-electron chi connectivity index (χ2n) is 4.36. The molecule has 0 spiro atoms. The summed E-state index contributed by atoms with van der Waals surface area (Å²) in [7, 11) is 0. The zero-order valence-corrected chi connectivity index (χ0v) is 11.4. The average molecular weight is 274 g/mol. The molecule has 0 aliphatic carbocycles. The molecule has 0 atom stereocenters. The summed E-state index contributed by atoms with van der Waals surface area (Å²) in [6.07, 6.45) is 6.31. The maximum atomic E-state index is 12.3. The van der Waals surface area contributed by atoms with Crippen molar-refractivity contribution in [1.82, 2.24) is 19.7 Å². The standard InChI is InChI=1S/C13H14N4OS/c1-19-9-16-7-5-11-10(13(16)18)8-17(15-11)12-4-2-3-6-14-12/h2-4,6,8H,5,7,9H2,1H3. The highest BCUT2D eigenvalue weighted by atomic mass is 32.2. The Kier molecular flexibility index (Phi) is 3.25. The molecule has 0 fully saturated rings. The van der Waals surface area contributed by atoms with Crippen LogP contribution in [0.4, 0.5) is 0 Å². The lowest BCUT2D eigenvalue weighted by molar-refractivity contribution is 0.0771. The predicted octanol–water partition coefficient (Wildman–Crippen LogP) is 1.59. The fraction of sp³-hybridized carbons (Fsp3) is 0.308. The van der Waals surface area contributed by atoms with Gasteiger partial charge in [-0.05, 0) is 18.4 Å². The number of nitrogens with zero attached hydrogens (tertiary/aromatic N) is 4. The molecule has 0 bridgehead atoms. The van der Waals surface area contributed by atoms with E-state index in [0.717, 1.165) is 30.4 Å². The smallest absolute Gasteiger partial charge is 0.258 e. The Morgan fingerprint density at radius 2 is 2.32 bits per heavy atom. The number of thioether (sulfide) groups is 1. The van der Waals surface area contributed by atoms with E-state index < -0.39 is 0 Å². The van der Waals surface area contributed by atoms with Crippen LogP contribution in [-0.2, 0) is 6.42 Å². The van der Waals surface area contributed by atoms with Crippen LogP contribution < -0.4 is 0 Å². The van der Waals surface area contributed by atoms with Gasteiger partial charge in [-0.15, -0.1) is 11.8 Å². The first-order valence-electron chi connectivity index (χ1n) is 6.08. The Morgan fingerprint density at radius 3 is 3.05 bits per heavy atom. The number of hydrogen-bond acceptors (Lipinski definition) is 4. The summed E-state index contributed by atoms with van der Waals surface area (Å²) in [4.78, 5) is 18.4. The average Bonchev–Trinajstić information content (AvgIpc) is 2.88. The fourth-order valence-electron chi connectivity index (χ4n) is 2.17. The first-order valence-corrected chi connectivity index (χ1v) is 7.47. The normalized spacial score (nSPS) is 14.6. The van der Waals surface area contributed by atoms with Crippen molar-refractivity contribution in [2.24, 2.45) is 0 Å². The number of fused-ring (bicyclic) bond motifs is 1. The molecule has 1 amide bonds. The highest BCUT2D eigenvalue weighted by molar-refractivity contribution is 7.98. The van der Waals surface area contributed by atoms with Gasteiger partial charge in [0, 0.05) is 25.4 Å². The highest BCUT2D eigenvalue weighted by Gasteiger charge is 2.27. The SMILES string of the molecule is CSCN1CCc2nn(-c3ccccn3)cc2C1=O. The second-order valence-corrected chi connectivity index (χ2v) is 5.19. The third-order valence-electron chi connectivity index (χ3n) is 3.10. The molecular weight excluding hydrogens is 260 g/mol. The van der Waals surface area contributed by atoms with E-state index in [1.54, 1.807) is 28.8 Å². The summed E-state index contributed by atoms with van der Waals surface area (Å²) in [5, 5.41) is 4.47. The van der Waals surface area contributed by atoms with Crippen LogP contribution in [0.5, 0.6) is 0 Å². The molecule has 2 aromatic heterocycles. The van der Waals surface area contributed by atoms with Gasteiger partial charge in [-0.2, -0.15) is 5.10 Å². The summed E-state index contributed by atoms with van der Waals surface area (Å²) in [6, 6.07) is 5.64. The number of carbonyl (C=O) groups is 1. The first kappa shape index (κ1) is 12.2. The molecule has 0 unspecified atom stereocenters. The molecule has 3 rings (SSSR count). The van der Waals surface area contributed by atoms with Crippen molar-refractivity contribution in [1.29, 1.82) is 0 Å². The fourth-order valence-corrected chi connectivity index (χ4v) is 2.73. The largest absolute Gasteiger partial charge is 0.329 e. The van der Waals surface area contributed by atoms with Crippen LogP contribution in [0.2, 0.25) is 0 Å². The first-order chi connectivity index (χ1) is 9.29. The summed E-state index contributed by atoms with van der Waals surface area (Å²) in [5.41, 5.74) is 1.57. The molecule has 0 saturated heterocycles. The summed E-state index contributed by atoms with van der Waals surface area (Å²) >= 11 is 1.66. The molecule has 0 saturated carbocycles. The molecule has 6 heteroatoms. The van der Waals surface area contributed by atoms with Crippen LogP contribution in [0.15, 0.2) is 30.6 Å². The predicted molar refractivity (Wildman–Crippen MR) is 74.5 cm³/mol. The van der Waals surface area contributed by atoms with Crippen LogP contribution in [-0.4, -0.2) is 44.2 Å². The Balaban J connectivity index is 1.94. The van der Waals surface area contributed by atoms with E-state index in [1.165, 1.54) is 0 Å². The van der Waals surface area contributed by atoms with Gasteiger partial charge in [0.05, 0.1) is 17.1 Å². The van der Waals surface area contributed by atoms with Crippen LogP contribution in [0.25, 0.3) is 5.82 Å². The van der Waals surface area contributed by atoms with Gasteiger partial charge in [0.25, 0.3) is 5.91 Å². The van der Waals surface area contributed by atoms with Crippen molar-refractivity contribution in [3.63, 3.8) is 0 Å². The van der Waals surface area contributed by atoms with Gasteiger partial charge in [-0.25, -0.2) is 9.67 Å². The van der Waals surface area contributed by atoms with E-state index in [2.05, 4.69) is 10.1 Å². The van der Waals surface area contributed by atoms with Crippen molar-refractivity contribution in [3.8, 4) is 5.82 Å². The van der Waals surface area contributed by atoms with Crippen molar-refractivity contribution in [2.75, 3.05) is 18.7 Å². The third kappa shape index (κ3) is 2.23. The van der Waals surface area contributed by atoms with Gasteiger partial charge in [-0.1, -0.05) is 6.07 Å². The summed E-state index contributed by atoms with van der Waals surface area (Å²) in [6.45, 7) is 0.742. The van der Waals surface area contributed by atoms with E-state index in [4.69, 9.17) is 0 Å². The molecule has 2 aromatic rings. The Bertz CT molecular complexity index is 596. The monoisotopic (exact) mass is 274 g/mol. The lowest BCUT2D eigenvalue weighted by Gasteiger charge is -2.24. The molecule has 5 nitrogen and oxygen atoms in total. The lowest BCUT2D eigenvalue weighted by Crippen LogP contribution is -2.36. The number of pyridine rings is 1. The quantitative estimate of drug-likeness (QED) is 0.853. The van der Waals surface area contributed by atoms with Gasteiger partial charge in [-0.3, -0.25) is 4.79 Å². The molecular formula is C13H14N4OS. The zero-order valence-electron chi connectivity index (χ0n) is 10.6. The van der Waals surface area contributed by atoms with Crippen molar-refractivity contribution in [3.05, 3.63) is 41.9 Å². The van der Waals surface area contributed by atoms with Crippen molar-refractivity contribution < 1.29 is 4.79 Å². The van der Waals surface area contributed by atoms with Gasteiger partial charge < -0.3 is 4.90 Å². The second kappa shape index (κ2) is 5.05. The number of rotatable bonds is 3. The maximum Gasteiger partial charge on any atom is 0.258 e. The van der Waals surface area contributed by atoms with Gasteiger partial charge in [0.15, 0.2) is 5.82 Å². The van der Waals surface area contributed by atoms with Crippen LogP contribution >= 0.6 is 11.8 Å². The minimum Gasteiger partial charge on any atom is -0.329 e. The van der Waals surface area contributed by atoms with Crippen LogP contribution in [0.1, 0.15) is 16.1 Å². The summed E-state index contributed by atoms with van der Waals surface area (Å²) < 4.78 is 1.69. The van der Waals surface area contributed by atoms with Crippen molar-refractivity contribution in [2.45, 2.75) is 6.42 Å². The van der Waals surface area contributed by atoms with E-state index in [1.807, 2.05) is 29.4 Å². The van der Waals surface area contributed by atoms with E-state index in [-0.39, 0.29) is 5.91 Å². The van der Waals surface area contributed by atoms with Gasteiger partial charge in [0.1, 0.15) is 0 Å². The Labute approximate surface area is 115 Å². The van der Waals surface area contributed by atoms with Gasteiger partial charge >= 0.3 is 0 Å². The molecule has 0 N–H and O–H groups in total. The molecule has 98 valence electrons. The Hall–Kier alpha value is -1.82. The van der Waals surface area contributed by atoms with Crippen molar-refractivity contribution >= 4 is 17.7 Å². The molecule has 3 heterocycles. The molecule has 1 aliphatic rings. The molecule has 1 aliphatic heterocycles. The topological polar surface area (TPSA) is 51.0 Å². The third-order valence-corrected chi connectivity index (χ3v) is 3.67. The van der Waals surface area contributed by atoms with Crippen LogP contribution in [0, 0.1) is 0 Å². The van der Waals surface area contributed by atoms with Gasteiger partial charge in [0.2, 0.25) is 0 Å². The number of aromatic nitrogens is 3. The molecule has 0 aromatic carbocycles. The van der Waals surface area contributed by atoms with Crippen LogP contribution in [0.3, 0.4) is 0 Å². The number of hydrogen-bond donors (Lipinski definition) is 0. The zero-order chi connectivity index (χ0) is 13.2. The minimum atomic E-state index is 0.0674. The maximum absolute atomic E-state index is 12.3.